The molecule has 1 fully saturated rings. The van der Waals surface area contributed by atoms with Crippen molar-refractivity contribution in [3.8, 4) is 5.75 Å². The van der Waals surface area contributed by atoms with Crippen molar-refractivity contribution in [1.29, 1.82) is 0 Å². The Morgan fingerprint density at radius 1 is 1.48 bits per heavy atom. The van der Waals surface area contributed by atoms with Crippen molar-refractivity contribution in [3.63, 3.8) is 0 Å². The lowest BCUT2D eigenvalue weighted by atomic mass is 10.1. The maximum absolute atomic E-state index is 14.0. The molecule has 0 amide bonds. The second-order valence-electron chi connectivity index (χ2n) is 5.21. The summed E-state index contributed by atoms with van der Waals surface area (Å²) < 4.78 is 45.1. The molecule has 23 heavy (non-hydrogen) atoms. The molecule has 1 aromatic carbocycles. The van der Waals surface area contributed by atoms with Gasteiger partial charge in [-0.15, -0.1) is 0 Å². The van der Waals surface area contributed by atoms with Gasteiger partial charge in [-0.1, -0.05) is 0 Å². The Morgan fingerprint density at radius 2 is 2.17 bits per heavy atom. The zero-order chi connectivity index (χ0) is 17.2. The molecule has 128 valence electrons. The minimum Gasteiger partial charge on any atom is -0.488 e. The van der Waals surface area contributed by atoms with Crippen molar-refractivity contribution in [1.82, 2.24) is 9.62 Å². The summed E-state index contributed by atoms with van der Waals surface area (Å²) in [5.74, 6) is -1.66. The molecule has 1 atom stereocenters. The fraction of sp³-hybridized carbons (Fsp3) is 0.538. The van der Waals surface area contributed by atoms with Crippen LogP contribution in [-0.4, -0.2) is 50.9 Å². The summed E-state index contributed by atoms with van der Waals surface area (Å²) in [5.41, 5.74) is -0.715. The van der Waals surface area contributed by atoms with Gasteiger partial charge in [0.05, 0.1) is 16.9 Å². The average Bonchev–Trinajstić information content (AvgIpc) is 2.53. The highest BCUT2D eigenvalue weighted by molar-refractivity contribution is 7.89. The number of methoxy groups -OCH3 is 1. The molecular formula is C13H18FN3O5S. The van der Waals surface area contributed by atoms with E-state index in [9.17, 15) is 22.9 Å². The van der Waals surface area contributed by atoms with Crippen LogP contribution in [0.5, 0.6) is 5.75 Å². The van der Waals surface area contributed by atoms with Gasteiger partial charge in [0.2, 0.25) is 15.8 Å². The lowest BCUT2D eigenvalue weighted by Crippen LogP contribution is -2.46. The van der Waals surface area contributed by atoms with Gasteiger partial charge in [0.15, 0.2) is 5.82 Å². The van der Waals surface area contributed by atoms with Gasteiger partial charge >= 0.3 is 5.69 Å². The van der Waals surface area contributed by atoms with Crippen LogP contribution in [0.4, 0.5) is 10.1 Å². The Morgan fingerprint density at radius 3 is 2.74 bits per heavy atom. The highest BCUT2D eigenvalue weighted by atomic mass is 32.2. The summed E-state index contributed by atoms with van der Waals surface area (Å²) in [6, 6.07) is 1.58. The molecule has 1 saturated heterocycles. The molecule has 1 heterocycles. The maximum Gasteiger partial charge on any atom is 0.315 e. The summed E-state index contributed by atoms with van der Waals surface area (Å²) >= 11 is 0. The van der Waals surface area contributed by atoms with E-state index >= 15 is 0 Å². The van der Waals surface area contributed by atoms with E-state index in [0.29, 0.717) is 13.0 Å². The van der Waals surface area contributed by atoms with Crippen LogP contribution in [0.15, 0.2) is 17.0 Å². The number of likely N-dealkylation sites (N-methyl/N-ethyl adjacent to an activating group) is 1. The first-order valence-corrected chi connectivity index (χ1v) is 8.44. The topological polar surface area (TPSA) is 102 Å². The fourth-order valence-corrected chi connectivity index (χ4v) is 4.14. The Kier molecular flexibility index (Phi) is 5.17. The predicted molar refractivity (Wildman–Crippen MR) is 80.4 cm³/mol. The van der Waals surface area contributed by atoms with Crippen molar-refractivity contribution in [2.45, 2.75) is 23.8 Å². The number of nitro benzene ring substituents is 1. The Bertz CT molecular complexity index is 710. The SMILES string of the molecule is CNC1CCCN(S(=O)(=O)c2cc(F)c(OC)c([N+](=O)[O-])c2)C1. The standard InChI is InChI=1S/C13H18FN3O5S/c1-15-9-4-3-5-16(8-9)23(20,21)10-6-11(14)13(22-2)12(7-10)17(18)19/h6-7,9,15H,3-5,8H2,1-2H3. The molecule has 0 spiro atoms. The zero-order valence-electron chi connectivity index (χ0n) is 12.8. The minimum atomic E-state index is -4.02. The van der Waals surface area contributed by atoms with E-state index in [1.165, 1.54) is 4.31 Å². The van der Waals surface area contributed by atoms with Crippen LogP contribution in [0.25, 0.3) is 0 Å². The fourth-order valence-electron chi connectivity index (χ4n) is 2.59. The third-order valence-electron chi connectivity index (χ3n) is 3.83. The number of rotatable bonds is 5. The zero-order valence-corrected chi connectivity index (χ0v) is 13.6. The summed E-state index contributed by atoms with van der Waals surface area (Å²) in [5, 5.41) is 14.0. The van der Waals surface area contributed by atoms with Gasteiger partial charge in [-0.3, -0.25) is 10.1 Å². The molecule has 1 aliphatic rings. The predicted octanol–water partition coefficient (Wildman–Crippen LogP) is 1.12. The number of piperidine rings is 1. The van der Waals surface area contributed by atoms with Crippen LogP contribution in [-0.2, 0) is 10.0 Å². The van der Waals surface area contributed by atoms with Gasteiger partial charge in [0.1, 0.15) is 0 Å². The number of halogens is 1. The van der Waals surface area contributed by atoms with E-state index in [2.05, 4.69) is 10.1 Å². The van der Waals surface area contributed by atoms with Gasteiger partial charge in [0, 0.05) is 25.2 Å². The van der Waals surface area contributed by atoms with Gasteiger partial charge < -0.3 is 10.1 Å². The first-order chi connectivity index (χ1) is 10.8. The van der Waals surface area contributed by atoms with Crippen molar-refractivity contribution < 1.29 is 22.5 Å². The first-order valence-electron chi connectivity index (χ1n) is 7.00. The number of hydrogen-bond acceptors (Lipinski definition) is 6. The molecule has 10 heteroatoms. The molecule has 1 unspecified atom stereocenters. The number of nitrogens with zero attached hydrogens (tertiary/aromatic N) is 2. The molecule has 1 aliphatic heterocycles. The minimum absolute atomic E-state index is 0.00314. The number of nitrogens with one attached hydrogen (secondary N) is 1. The molecule has 0 radical (unpaired) electrons. The highest BCUT2D eigenvalue weighted by Crippen LogP contribution is 2.34. The summed E-state index contributed by atoms with van der Waals surface area (Å²) in [6.07, 6.45) is 1.49. The molecular weight excluding hydrogens is 329 g/mol. The second kappa shape index (κ2) is 6.77. The van der Waals surface area contributed by atoms with Gasteiger partial charge in [-0.05, 0) is 26.0 Å². The molecule has 1 N–H and O–H groups in total. The van der Waals surface area contributed by atoms with Crippen LogP contribution in [0.1, 0.15) is 12.8 Å². The molecule has 2 rings (SSSR count). The van der Waals surface area contributed by atoms with Crippen molar-refractivity contribution in [2.75, 3.05) is 27.2 Å². The Hall–Kier alpha value is -1.78. The number of hydrogen-bond donors (Lipinski definition) is 1. The third-order valence-corrected chi connectivity index (χ3v) is 5.67. The third kappa shape index (κ3) is 3.43. The summed E-state index contributed by atoms with van der Waals surface area (Å²) in [4.78, 5) is 9.71. The molecule has 8 nitrogen and oxygen atoms in total. The molecule has 0 aliphatic carbocycles. The first kappa shape index (κ1) is 17.6. The maximum atomic E-state index is 14.0. The lowest BCUT2D eigenvalue weighted by Gasteiger charge is -2.31. The smallest absolute Gasteiger partial charge is 0.315 e. The summed E-state index contributed by atoms with van der Waals surface area (Å²) in [7, 11) is -1.20. The van der Waals surface area contributed by atoms with Gasteiger partial charge in [0.25, 0.3) is 0 Å². The lowest BCUT2D eigenvalue weighted by molar-refractivity contribution is -0.386. The van der Waals surface area contributed by atoms with Crippen LogP contribution in [0, 0.1) is 15.9 Å². The molecule has 0 bridgehead atoms. The van der Waals surface area contributed by atoms with E-state index in [1.807, 2.05) is 0 Å². The van der Waals surface area contributed by atoms with Gasteiger partial charge in [-0.25, -0.2) is 12.8 Å². The largest absolute Gasteiger partial charge is 0.488 e. The van der Waals surface area contributed by atoms with Crippen LogP contribution in [0.2, 0.25) is 0 Å². The number of sulfonamides is 1. The van der Waals surface area contributed by atoms with Crippen molar-refractivity contribution >= 4 is 15.7 Å². The summed E-state index contributed by atoms with van der Waals surface area (Å²) in [6.45, 7) is 0.530. The second-order valence-corrected chi connectivity index (χ2v) is 7.14. The molecule has 0 saturated carbocycles. The van der Waals surface area contributed by atoms with E-state index < -0.39 is 37.1 Å². The Balaban J connectivity index is 2.46. The van der Waals surface area contributed by atoms with Crippen LogP contribution in [0.3, 0.4) is 0 Å². The van der Waals surface area contributed by atoms with Crippen molar-refractivity contribution in [2.24, 2.45) is 0 Å². The monoisotopic (exact) mass is 347 g/mol. The molecule has 0 aromatic heterocycles. The Labute approximate surface area is 133 Å². The van der Waals surface area contributed by atoms with E-state index in [0.717, 1.165) is 25.7 Å². The quantitative estimate of drug-likeness (QED) is 0.632. The van der Waals surface area contributed by atoms with E-state index in [-0.39, 0.29) is 12.6 Å². The molecule has 1 aromatic rings. The average molecular weight is 347 g/mol. The number of benzene rings is 1. The van der Waals surface area contributed by atoms with Crippen LogP contribution < -0.4 is 10.1 Å². The number of nitro groups is 1. The van der Waals surface area contributed by atoms with Crippen LogP contribution >= 0.6 is 0 Å². The normalized spacial score (nSPS) is 19.5. The van der Waals surface area contributed by atoms with E-state index in [4.69, 9.17) is 0 Å². The van der Waals surface area contributed by atoms with Gasteiger partial charge in [-0.2, -0.15) is 4.31 Å². The van der Waals surface area contributed by atoms with Crippen molar-refractivity contribution in [3.05, 3.63) is 28.1 Å². The number of ether oxygens (including phenoxy) is 1. The highest BCUT2D eigenvalue weighted by Gasteiger charge is 2.33. The van der Waals surface area contributed by atoms with E-state index in [1.54, 1.807) is 7.05 Å².